The minimum Gasteiger partial charge on any atom is -0.320 e. The van der Waals surface area contributed by atoms with Crippen LogP contribution in [0.4, 0.5) is 4.39 Å². The molecule has 0 saturated carbocycles. The molecule has 0 unspecified atom stereocenters. The maximum Gasteiger partial charge on any atom is 0.127 e. The van der Waals surface area contributed by atoms with Crippen molar-refractivity contribution in [2.24, 2.45) is 5.73 Å². The molecule has 0 bridgehead atoms. The van der Waals surface area contributed by atoms with Gasteiger partial charge in [0.25, 0.3) is 0 Å². The summed E-state index contributed by atoms with van der Waals surface area (Å²) >= 11 is 0. The van der Waals surface area contributed by atoms with Gasteiger partial charge in [-0.15, -0.1) is 0 Å². The minimum atomic E-state index is -0.160. The van der Waals surface area contributed by atoms with Gasteiger partial charge in [0.15, 0.2) is 0 Å². The van der Waals surface area contributed by atoms with Gasteiger partial charge in [-0.05, 0) is 30.8 Å². The van der Waals surface area contributed by atoms with Crippen molar-refractivity contribution in [3.05, 3.63) is 71.0 Å². The van der Waals surface area contributed by atoms with Gasteiger partial charge >= 0.3 is 0 Å². The smallest absolute Gasteiger partial charge is 0.127 e. The van der Waals surface area contributed by atoms with Gasteiger partial charge in [0, 0.05) is 24.2 Å². The van der Waals surface area contributed by atoms with E-state index in [4.69, 9.17) is 5.73 Å². The van der Waals surface area contributed by atoms with E-state index in [1.54, 1.807) is 6.07 Å². The zero-order valence-corrected chi connectivity index (χ0v) is 12.1. The Hall–Kier alpha value is -2.15. The Morgan fingerprint density at radius 2 is 1.90 bits per heavy atom. The number of hydrogen-bond acceptors (Lipinski definition) is 2. The molecule has 0 fully saturated rings. The lowest BCUT2D eigenvalue weighted by atomic mass is 10.1. The van der Waals surface area contributed by atoms with Gasteiger partial charge in [0.1, 0.15) is 5.82 Å². The summed E-state index contributed by atoms with van der Waals surface area (Å²) in [5.74, 6) is 5.71. The van der Waals surface area contributed by atoms with Crippen molar-refractivity contribution in [3.8, 4) is 11.8 Å². The Balaban J connectivity index is 2.02. The second kappa shape index (κ2) is 7.58. The fraction of sp³-hybridized carbons (Fsp3) is 0.222. The van der Waals surface area contributed by atoms with E-state index in [1.807, 2.05) is 43.4 Å². The largest absolute Gasteiger partial charge is 0.320 e. The van der Waals surface area contributed by atoms with Crippen LogP contribution in [0.15, 0.2) is 48.5 Å². The molecule has 0 aromatic heterocycles. The Bertz CT molecular complexity index is 656. The average Bonchev–Trinajstić information content (AvgIpc) is 2.48. The standard InChI is InChI=1S/C18H19FN2/c1-21(14-17-9-2-3-10-18(17)19)13-16-7-4-6-15(12-16)8-5-11-20/h2-4,6-7,9-10,12H,11,13-14,20H2,1H3. The van der Waals surface area contributed by atoms with Crippen LogP contribution in [-0.2, 0) is 13.1 Å². The van der Waals surface area contributed by atoms with Crippen molar-refractivity contribution in [3.63, 3.8) is 0 Å². The van der Waals surface area contributed by atoms with Crippen LogP contribution < -0.4 is 5.73 Å². The van der Waals surface area contributed by atoms with Crippen LogP contribution in [0.2, 0.25) is 0 Å². The van der Waals surface area contributed by atoms with Crippen LogP contribution in [0.1, 0.15) is 16.7 Å². The number of nitrogens with two attached hydrogens (primary N) is 1. The lowest BCUT2D eigenvalue weighted by Crippen LogP contribution is -2.18. The average molecular weight is 282 g/mol. The third-order valence-electron chi connectivity index (χ3n) is 3.11. The zero-order chi connectivity index (χ0) is 15.1. The van der Waals surface area contributed by atoms with Crippen molar-refractivity contribution in [2.45, 2.75) is 13.1 Å². The molecular weight excluding hydrogens is 263 g/mol. The molecule has 2 aromatic rings. The maximum absolute atomic E-state index is 13.6. The van der Waals surface area contributed by atoms with E-state index in [0.717, 1.165) is 17.7 Å². The van der Waals surface area contributed by atoms with Crippen LogP contribution in [-0.4, -0.2) is 18.5 Å². The first kappa shape index (κ1) is 15.2. The van der Waals surface area contributed by atoms with Gasteiger partial charge in [-0.25, -0.2) is 4.39 Å². The van der Waals surface area contributed by atoms with Gasteiger partial charge in [0.05, 0.1) is 6.54 Å². The topological polar surface area (TPSA) is 29.3 Å². The number of halogens is 1. The van der Waals surface area contributed by atoms with E-state index >= 15 is 0 Å². The van der Waals surface area contributed by atoms with Crippen LogP contribution in [0.25, 0.3) is 0 Å². The van der Waals surface area contributed by atoms with Gasteiger partial charge in [-0.1, -0.05) is 42.2 Å². The molecule has 0 aliphatic heterocycles. The molecule has 0 aliphatic carbocycles. The number of hydrogen-bond donors (Lipinski definition) is 1. The van der Waals surface area contributed by atoms with Crippen LogP contribution >= 0.6 is 0 Å². The first-order chi connectivity index (χ1) is 10.2. The fourth-order valence-electron chi connectivity index (χ4n) is 2.19. The third-order valence-corrected chi connectivity index (χ3v) is 3.11. The van der Waals surface area contributed by atoms with Crippen molar-refractivity contribution in [1.82, 2.24) is 4.90 Å². The molecular formula is C18H19FN2. The second-order valence-corrected chi connectivity index (χ2v) is 4.97. The van der Waals surface area contributed by atoms with Crippen molar-refractivity contribution in [1.29, 1.82) is 0 Å². The predicted molar refractivity (Wildman–Crippen MR) is 83.9 cm³/mol. The lowest BCUT2D eigenvalue weighted by Gasteiger charge is -2.17. The van der Waals surface area contributed by atoms with Crippen molar-refractivity contribution in [2.75, 3.05) is 13.6 Å². The van der Waals surface area contributed by atoms with E-state index < -0.39 is 0 Å². The third kappa shape index (κ3) is 4.71. The van der Waals surface area contributed by atoms with Crippen LogP contribution in [0.5, 0.6) is 0 Å². The molecule has 108 valence electrons. The molecule has 2 N–H and O–H groups in total. The van der Waals surface area contributed by atoms with Gasteiger partial charge in [-0.2, -0.15) is 0 Å². The van der Waals surface area contributed by atoms with Gasteiger partial charge in [-0.3, -0.25) is 4.90 Å². The van der Waals surface area contributed by atoms with Crippen LogP contribution in [0, 0.1) is 17.7 Å². The highest BCUT2D eigenvalue weighted by molar-refractivity contribution is 5.37. The molecule has 0 radical (unpaired) electrons. The molecule has 0 atom stereocenters. The Morgan fingerprint density at radius 1 is 1.10 bits per heavy atom. The molecule has 0 heterocycles. The molecule has 0 amide bonds. The second-order valence-electron chi connectivity index (χ2n) is 4.97. The number of benzene rings is 2. The first-order valence-electron chi connectivity index (χ1n) is 6.89. The van der Waals surface area contributed by atoms with E-state index in [-0.39, 0.29) is 5.82 Å². The van der Waals surface area contributed by atoms with Gasteiger partial charge in [0.2, 0.25) is 0 Å². The Kier molecular flexibility index (Phi) is 5.51. The summed E-state index contributed by atoms with van der Waals surface area (Å²) in [7, 11) is 1.98. The molecule has 0 aliphatic rings. The minimum absolute atomic E-state index is 0.160. The molecule has 0 spiro atoms. The van der Waals surface area contributed by atoms with E-state index in [1.165, 1.54) is 6.07 Å². The highest BCUT2D eigenvalue weighted by atomic mass is 19.1. The van der Waals surface area contributed by atoms with E-state index in [9.17, 15) is 4.39 Å². The summed E-state index contributed by atoms with van der Waals surface area (Å²) in [6.07, 6.45) is 0. The molecule has 2 aromatic carbocycles. The summed E-state index contributed by atoms with van der Waals surface area (Å²) in [4.78, 5) is 2.08. The molecule has 2 nitrogen and oxygen atoms in total. The predicted octanol–water partition coefficient (Wildman–Crippen LogP) is 2.77. The van der Waals surface area contributed by atoms with E-state index in [0.29, 0.717) is 18.7 Å². The molecule has 2 rings (SSSR count). The quantitative estimate of drug-likeness (QED) is 0.874. The van der Waals surface area contributed by atoms with E-state index in [2.05, 4.69) is 16.7 Å². The van der Waals surface area contributed by atoms with Crippen LogP contribution in [0.3, 0.4) is 0 Å². The highest BCUT2D eigenvalue weighted by Crippen LogP contribution is 2.12. The SMILES string of the molecule is CN(Cc1cccc(C#CCN)c1)Cc1ccccc1F. The summed E-state index contributed by atoms with van der Waals surface area (Å²) in [6.45, 7) is 1.68. The summed E-state index contributed by atoms with van der Waals surface area (Å²) in [6, 6.07) is 14.9. The van der Waals surface area contributed by atoms with Gasteiger partial charge < -0.3 is 5.73 Å². The lowest BCUT2D eigenvalue weighted by molar-refractivity contribution is 0.313. The fourth-order valence-corrected chi connectivity index (χ4v) is 2.19. The molecule has 21 heavy (non-hydrogen) atoms. The highest BCUT2D eigenvalue weighted by Gasteiger charge is 2.06. The maximum atomic E-state index is 13.6. The van der Waals surface area contributed by atoms with Crippen molar-refractivity contribution >= 4 is 0 Å². The first-order valence-corrected chi connectivity index (χ1v) is 6.89. The summed E-state index contributed by atoms with van der Waals surface area (Å²) < 4.78 is 13.6. The number of rotatable bonds is 4. The monoisotopic (exact) mass is 282 g/mol. The zero-order valence-electron chi connectivity index (χ0n) is 12.1. The molecule has 3 heteroatoms. The van der Waals surface area contributed by atoms with Crippen molar-refractivity contribution < 1.29 is 4.39 Å². The molecule has 0 saturated heterocycles. The number of nitrogens with zero attached hydrogens (tertiary/aromatic N) is 1. The Labute approximate surface area is 125 Å². The summed E-state index contributed by atoms with van der Waals surface area (Å²) in [5.41, 5.74) is 8.19. The summed E-state index contributed by atoms with van der Waals surface area (Å²) in [5, 5.41) is 0. The Morgan fingerprint density at radius 3 is 2.67 bits per heavy atom. The normalized spacial score (nSPS) is 10.3.